The summed E-state index contributed by atoms with van der Waals surface area (Å²) < 4.78 is 37.8. The van der Waals surface area contributed by atoms with Gasteiger partial charge in [0.15, 0.2) is 0 Å². The molecule has 9 nitrogen and oxygen atoms in total. The van der Waals surface area contributed by atoms with Crippen molar-refractivity contribution in [2.75, 3.05) is 25.5 Å². The Morgan fingerprint density at radius 2 is 1.94 bits per heavy atom. The van der Waals surface area contributed by atoms with Gasteiger partial charge >= 0.3 is 6.01 Å². The lowest BCUT2D eigenvalue weighted by molar-refractivity contribution is 0.0979. The van der Waals surface area contributed by atoms with Crippen LogP contribution < -0.4 is 5.32 Å². The van der Waals surface area contributed by atoms with E-state index in [9.17, 15) is 13.2 Å². The number of nitrogens with zero attached hydrogens (tertiary/aromatic N) is 3. The van der Waals surface area contributed by atoms with Crippen molar-refractivity contribution in [2.45, 2.75) is 23.8 Å². The van der Waals surface area contributed by atoms with Gasteiger partial charge in [-0.3, -0.25) is 10.1 Å². The second-order valence-corrected chi connectivity index (χ2v) is 9.74. The Hall–Kier alpha value is -2.79. The lowest BCUT2D eigenvalue weighted by Crippen LogP contribution is -2.34. The Labute approximate surface area is 190 Å². The van der Waals surface area contributed by atoms with Gasteiger partial charge in [0.1, 0.15) is 0 Å². The van der Waals surface area contributed by atoms with Gasteiger partial charge in [-0.25, -0.2) is 8.42 Å². The maximum absolute atomic E-state index is 12.8. The number of rotatable bonds is 7. The van der Waals surface area contributed by atoms with E-state index >= 15 is 0 Å². The third kappa shape index (κ3) is 4.83. The van der Waals surface area contributed by atoms with E-state index in [0.29, 0.717) is 17.2 Å². The number of nitrogens with one attached hydrogen (secondary N) is 1. The molecule has 11 heteroatoms. The second kappa shape index (κ2) is 9.37. The molecule has 1 aliphatic heterocycles. The van der Waals surface area contributed by atoms with E-state index in [1.165, 1.54) is 35.6 Å². The molecule has 0 aliphatic carbocycles. The van der Waals surface area contributed by atoms with Crippen LogP contribution >= 0.6 is 11.6 Å². The summed E-state index contributed by atoms with van der Waals surface area (Å²) in [5.74, 6) is -0.349. The molecule has 1 fully saturated rings. The Bertz CT molecular complexity index is 1210. The first-order valence-corrected chi connectivity index (χ1v) is 11.7. The first kappa shape index (κ1) is 22.4. The van der Waals surface area contributed by atoms with Crippen LogP contribution in [0.4, 0.5) is 6.01 Å². The summed E-state index contributed by atoms with van der Waals surface area (Å²) in [5, 5.41) is 10.6. The van der Waals surface area contributed by atoms with Crippen LogP contribution in [0.15, 0.2) is 57.8 Å². The highest BCUT2D eigenvalue weighted by Gasteiger charge is 2.26. The smallest absolute Gasteiger partial charge is 0.322 e. The van der Waals surface area contributed by atoms with Crippen LogP contribution in [-0.4, -0.2) is 55.1 Å². The molecule has 3 aromatic rings. The normalized spacial score (nSPS) is 16.4. The van der Waals surface area contributed by atoms with Crippen LogP contribution in [0.5, 0.6) is 0 Å². The van der Waals surface area contributed by atoms with Gasteiger partial charge in [0.05, 0.1) is 21.6 Å². The zero-order chi connectivity index (χ0) is 22.7. The molecule has 1 aliphatic rings. The Morgan fingerprint density at radius 1 is 1.19 bits per heavy atom. The number of hydrogen-bond donors (Lipinski definition) is 1. The van der Waals surface area contributed by atoms with E-state index < -0.39 is 15.9 Å². The third-order valence-electron chi connectivity index (χ3n) is 5.06. The van der Waals surface area contributed by atoms with Crippen LogP contribution in [0.2, 0.25) is 5.02 Å². The lowest BCUT2D eigenvalue weighted by Gasteiger charge is -2.20. The summed E-state index contributed by atoms with van der Waals surface area (Å²) in [5.41, 5.74) is 0.784. The summed E-state index contributed by atoms with van der Waals surface area (Å²) in [4.78, 5) is 12.6. The molecule has 1 atom stereocenters. The quantitative estimate of drug-likeness (QED) is 0.555. The molecule has 0 spiro atoms. The van der Waals surface area contributed by atoms with E-state index in [2.05, 4.69) is 15.5 Å². The lowest BCUT2D eigenvalue weighted by atomic mass is 10.2. The maximum atomic E-state index is 12.8. The van der Waals surface area contributed by atoms with Crippen molar-refractivity contribution >= 4 is 33.5 Å². The number of amides is 1. The third-order valence-corrected chi connectivity index (χ3v) is 7.23. The molecule has 1 amide bonds. The Kier molecular flexibility index (Phi) is 6.56. The molecule has 0 saturated carbocycles. The molecule has 2 aromatic carbocycles. The summed E-state index contributed by atoms with van der Waals surface area (Å²) in [6, 6.07) is 12.5. The minimum Gasteiger partial charge on any atom is -0.403 e. The van der Waals surface area contributed by atoms with Gasteiger partial charge in [-0.1, -0.05) is 28.8 Å². The van der Waals surface area contributed by atoms with Gasteiger partial charge in [0.2, 0.25) is 10.0 Å². The van der Waals surface area contributed by atoms with Crippen molar-refractivity contribution in [3.63, 3.8) is 0 Å². The minimum atomic E-state index is -3.69. The summed E-state index contributed by atoms with van der Waals surface area (Å²) >= 11 is 6.12. The number of benzene rings is 2. The number of aromatic nitrogens is 2. The highest BCUT2D eigenvalue weighted by Crippen LogP contribution is 2.27. The predicted molar refractivity (Wildman–Crippen MR) is 118 cm³/mol. The number of carbonyl (C=O) groups is 1. The topological polar surface area (TPSA) is 115 Å². The van der Waals surface area contributed by atoms with Gasteiger partial charge in [0.25, 0.3) is 11.8 Å². The second-order valence-electron chi connectivity index (χ2n) is 7.29. The van der Waals surface area contributed by atoms with Gasteiger partial charge in [-0.2, -0.15) is 4.31 Å². The predicted octanol–water partition coefficient (Wildman–Crippen LogP) is 3.44. The van der Waals surface area contributed by atoms with E-state index in [0.717, 1.165) is 12.8 Å². The van der Waals surface area contributed by atoms with Crippen LogP contribution in [0.3, 0.4) is 0 Å². The van der Waals surface area contributed by atoms with Crippen LogP contribution in [0.25, 0.3) is 11.5 Å². The number of halogens is 1. The zero-order valence-electron chi connectivity index (χ0n) is 17.2. The maximum Gasteiger partial charge on any atom is 0.322 e. The first-order chi connectivity index (χ1) is 15.3. The van der Waals surface area contributed by atoms with E-state index in [1.807, 2.05) is 0 Å². The monoisotopic (exact) mass is 476 g/mol. The molecule has 0 bridgehead atoms. The zero-order valence-corrected chi connectivity index (χ0v) is 18.8. The fourth-order valence-corrected chi connectivity index (χ4v) is 4.74. The molecule has 4 rings (SSSR count). The molecule has 1 saturated heterocycles. The van der Waals surface area contributed by atoms with Gasteiger partial charge in [-0.15, -0.1) is 5.10 Å². The summed E-state index contributed by atoms with van der Waals surface area (Å²) in [7, 11) is -2.17. The fraction of sp³-hybridized carbons (Fsp3) is 0.286. The van der Waals surface area contributed by atoms with E-state index in [-0.39, 0.29) is 35.0 Å². The first-order valence-electron chi connectivity index (χ1n) is 9.92. The van der Waals surface area contributed by atoms with Gasteiger partial charge in [0, 0.05) is 25.8 Å². The van der Waals surface area contributed by atoms with Crippen LogP contribution in [0.1, 0.15) is 23.2 Å². The molecule has 32 heavy (non-hydrogen) atoms. The van der Waals surface area contributed by atoms with Gasteiger partial charge in [-0.05, 0) is 49.2 Å². The summed E-state index contributed by atoms with van der Waals surface area (Å²) in [6.45, 7) is 0.942. The van der Waals surface area contributed by atoms with Crippen molar-refractivity contribution in [1.82, 2.24) is 14.5 Å². The molecule has 2 heterocycles. The van der Waals surface area contributed by atoms with Crippen molar-refractivity contribution in [2.24, 2.45) is 0 Å². The molecule has 0 unspecified atom stereocenters. The van der Waals surface area contributed by atoms with Gasteiger partial charge < -0.3 is 9.15 Å². The SMILES string of the molecule is CN(C[C@H]1CCCO1)S(=O)(=O)c1ccc(C(=O)Nc2nnc(-c3ccccc3Cl)o2)cc1. The minimum absolute atomic E-state index is 0.0911. The number of sulfonamides is 1. The van der Waals surface area contributed by atoms with Crippen molar-refractivity contribution in [3.05, 3.63) is 59.1 Å². The molecule has 168 valence electrons. The number of hydrogen-bond acceptors (Lipinski definition) is 7. The van der Waals surface area contributed by atoms with E-state index in [1.54, 1.807) is 24.3 Å². The Morgan fingerprint density at radius 3 is 2.62 bits per heavy atom. The van der Waals surface area contributed by atoms with Crippen molar-refractivity contribution in [3.8, 4) is 11.5 Å². The van der Waals surface area contributed by atoms with Crippen molar-refractivity contribution < 1.29 is 22.4 Å². The molecular weight excluding hydrogens is 456 g/mol. The number of ether oxygens (including phenoxy) is 1. The molecular formula is C21H21ClN4O5S. The standard InChI is InChI=1S/C21H21ClN4O5S/c1-26(13-15-5-4-12-30-15)32(28,29)16-10-8-14(9-11-16)19(27)23-21-25-24-20(31-21)17-6-2-3-7-18(17)22/h2-3,6-11,15H,4-5,12-13H2,1H3,(H,23,25,27)/t15-/m1/s1. The summed E-state index contributed by atoms with van der Waals surface area (Å²) in [6.07, 6.45) is 1.68. The van der Waals surface area contributed by atoms with Crippen molar-refractivity contribution in [1.29, 1.82) is 0 Å². The number of likely N-dealkylation sites (N-methyl/N-ethyl adjacent to an activating group) is 1. The largest absolute Gasteiger partial charge is 0.403 e. The van der Waals surface area contributed by atoms with Crippen LogP contribution in [0, 0.1) is 0 Å². The highest BCUT2D eigenvalue weighted by molar-refractivity contribution is 7.89. The fourth-order valence-electron chi connectivity index (χ4n) is 3.32. The van der Waals surface area contributed by atoms with Crippen LogP contribution in [-0.2, 0) is 14.8 Å². The molecule has 1 aromatic heterocycles. The Balaban J connectivity index is 1.43. The number of anilines is 1. The average Bonchev–Trinajstić information content (AvgIpc) is 3.46. The molecule has 0 radical (unpaired) electrons. The highest BCUT2D eigenvalue weighted by atomic mass is 35.5. The average molecular weight is 477 g/mol. The molecule has 1 N–H and O–H groups in total. The van der Waals surface area contributed by atoms with E-state index in [4.69, 9.17) is 20.8 Å². The number of carbonyl (C=O) groups excluding carboxylic acids is 1.